The van der Waals surface area contributed by atoms with Gasteiger partial charge in [0.05, 0.1) is 10.5 Å². The van der Waals surface area contributed by atoms with Crippen molar-refractivity contribution in [2.45, 2.75) is 51.5 Å². The molecule has 0 spiro atoms. The molecule has 4 bridgehead atoms. The van der Waals surface area contributed by atoms with Gasteiger partial charge >= 0.3 is 0 Å². The van der Waals surface area contributed by atoms with E-state index in [0.29, 0.717) is 0 Å². The van der Waals surface area contributed by atoms with Crippen LogP contribution in [0.2, 0.25) is 0 Å². The van der Waals surface area contributed by atoms with Crippen molar-refractivity contribution >= 4 is 23.4 Å². The molecule has 8 heteroatoms. The number of carbonyl (C=O) groups is 3. The third-order valence-corrected chi connectivity index (χ3v) is 7.86. The van der Waals surface area contributed by atoms with Crippen LogP contribution in [0.1, 0.15) is 66.2 Å². The molecule has 1 unspecified atom stereocenters. The molecule has 0 radical (unpaired) electrons. The van der Waals surface area contributed by atoms with Gasteiger partial charge in [-0.05, 0) is 74.7 Å². The number of nitrogens with zero attached hydrogens (tertiary/aromatic N) is 2. The molecular formula is C22H25N3O5. The standard InChI is InChI=1S/C22H25N3O5/c1-12(22-8-13-5-14(9-22)7-15(6-13)10-22)23-18(26)11-24-20(27)16-3-2-4-17(25(29)30)19(16)21(24)28/h2-4,12-15H,5-11H2,1H3,(H,23,26). The largest absolute Gasteiger partial charge is 0.352 e. The Kier molecular flexibility index (Phi) is 4.24. The van der Waals surface area contributed by atoms with E-state index in [0.717, 1.165) is 41.9 Å². The molecule has 8 nitrogen and oxygen atoms in total. The third kappa shape index (κ3) is 2.84. The van der Waals surface area contributed by atoms with Gasteiger partial charge in [0.25, 0.3) is 17.5 Å². The van der Waals surface area contributed by atoms with E-state index < -0.39 is 34.9 Å². The number of nitro groups is 1. The quantitative estimate of drug-likeness (QED) is 0.455. The van der Waals surface area contributed by atoms with Crippen LogP contribution in [0.4, 0.5) is 5.69 Å². The average Bonchev–Trinajstić information content (AvgIpc) is 2.92. The lowest BCUT2D eigenvalue weighted by atomic mass is 9.48. The Morgan fingerprint density at radius 2 is 1.77 bits per heavy atom. The van der Waals surface area contributed by atoms with E-state index >= 15 is 0 Å². The maximum absolute atomic E-state index is 12.8. The molecule has 0 saturated heterocycles. The van der Waals surface area contributed by atoms with E-state index in [9.17, 15) is 24.5 Å². The Balaban J connectivity index is 1.29. The maximum atomic E-state index is 12.8. The second kappa shape index (κ2) is 6.62. The zero-order chi connectivity index (χ0) is 21.2. The molecule has 1 aromatic rings. The first-order valence-corrected chi connectivity index (χ1v) is 10.7. The predicted octanol–water partition coefficient (Wildman–Crippen LogP) is 2.91. The van der Waals surface area contributed by atoms with E-state index in [1.54, 1.807) is 0 Å². The highest BCUT2D eigenvalue weighted by atomic mass is 16.6. The lowest BCUT2D eigenvalue weighted by Gasteiger charge is -2.59. The van der Waals surface area contributed by atoms with Crippen LogP contribution < -0.4 is 5.32 Å². The summed E-state index contributed by atoms with van der Waals surface area (Å²) in [5.41, 5.74) is -0.535. The van der Waals surface area contributed by atoms with Crippen LogP contribution in [-0.2, 0) is 4.79 Å². The molecule has 5 aliphatic rings. The van der Waals surface area contributed by atoms with Gasteiger partial charge in [0.1, 0.15) is 12.1 Å². The van der Waals surface area contributed by atoms with Gasteiger partial charge in [-0.2, -0.15) is 0 Å². The molecule has 1 atom stereocenters. The maximum Gasteiger partial charge on any atom is 0.282 e. The lowest BCUT2D eigenvalue weighted by molar-refractivity contribution is -0.385. The van der Waals surface area contributed by atoms with Gasteiger partial charge in [0, 0.05) is 12.1 Å². The number of benzene rings is 1. The van der Waals surface area contributed by atoms with E-state index in [2.05, 4.69) is 5.32 Å². The van der Waals surface area contributed by atoms with Gasteiger partial charge < -0.3 is 5.32 Å². The first kappa shape index (κ1) is 19.2. The Bertz CT molecular complexity index is 936. The van der Waals surface area contributed by atoms with Gasteiger partial charge in [-0.15, -0.1) is 0 Å². The number of hydrogen-bond acceptors (Lipinski definition) is 5. The Hall–Kier alpha value is -2.77. The molecule has 4 saturated carbocycles. The summed E-state index contributed by atoms with van der Waals surface area (Å²) in [6, 6.07) is 3.94. The number of carbonyl (C=O) groups excluding carboxylic acids is 3. The Labute approximate surface area is 174 Å². The predicted molar refractivity (Wildman–Crippen MR) is 107 cm³/mol. The molecule has 1 N–H and O–H groups in total. The zero-order valence-electron chi connectivity index (χ0n) is 16.9. The number of nitro benzene ring substituents is 1. The Morgan fingerprint density at radius 3 is 2.33 bits per heavy atom. The van der Waals surface area contributed by atoms with Gasteiger partial charge in [0.2, 0.25) is 5.91 Å². The molecule has 158 valence electrons. The average molecular weight is 411 g/mol. The number of rotatable bonds is 5. The van der Waals surface area contributed by atoms with Gasteiger partial charge in [-0.25, -0.2) is 0 Å². The summed E-state index contributed by atoms with van der Waals surface area (Å²) in [5, 5.41) is 14.3. The van der Waals surface area contributed by atoms with E-state index in [4.69, 9.17) is 0 Å². The number of nitrogens with one attached hydrogen (secondary N) is 1. The van der Waals surface area contributed by atoms with E-state index in [-0.39, 0.29) is 22.6 Å². The Morgan fingerprint density at radius 1 is 1.17 bits per heavy atom. The minimum atomic E-state index is -0.778. The van der Waals surface area contributed by atoms with Crippen LogP contribution in [0.25, 0.3) is 0 Å². The molecule has 3 amide bonds. The van der Waals surface area contributed by atoms with Crippen molar-refractivity contribution in [3.05, 3.63) is 39.4 Å². The molecule has 4 aliphatic carbocycles. The van der Waals surface area contributed by atoms with Crippen molar-refractivity contribution in [1.29, 1.82) is 0 Å². The highest BCUT2D eigenvalue weighted by Crippen LogP contribution is 2.61. The van der Waals surface area contributed by atoms with Crippen LogP contribution >= 0.6 is 0 Å². The fourth-order valence-corrected chi connectivity index (χ4v) is 6.90. The van der Waals surface area contributed by atoms with Crippen LogP contribution in [-0.4, -0.2) is 40.1 Å². The molecule has 4 fully saturated rings. The van der Waals surface area contributed by atoms with Crippen molar-refractivity contribution < 1.29 is 19.3 Å². The van der Waals surface area contributed by atoms with Crippen molar-refractivity contribution in [1.82, 2.24) is 10.2 Å². The summed E-state index contributed by atoms with van der Waals surface area (Å²) in [4.78, 5) is 49.5. The SMILES string of the molecule is CC(NC(=O)CN1C(=O)c2cccc([N+](=O)[O-])c2C1=O)C12CC3CC(CC(C3)C1)C2. The second-order valence-electron chi connectivity index (χ2n) is 9.72. The number of fused-ring (bicyclic) bond motifs is 1. The number of hydrogen-bond donors (Lipinski definition) is 1. The fourth-order valence-electron chi connectivity index (χ4n) is 6.90. The molecule has 30 heavy (non-hydrogen) atoms. The summed E-state index contributed by atoms with van der Waals surface area (Å²) in [5.74, 6) is 0.443. The van der Waals surface area contributed by atoms with Crippen LogP contribution in [0.15, 0.2) is 18.2 Å². The zero-order valence-corrected chi connectivity index (χ0v) is 16.9. The van der Waals surface area contributed by atoms with Crippen molar-refractivity contribution in [3.8, 4) is 0 Å². The van der Waals surface area contributed by atoms with Crippen LogP contribution in [0.3, 0.4) is 0 Å². The second-order valence-corrected chi connectivity index (χ2v) is 9.72. The molecule has 1 aromatic carbocycles. The van der Waals surface area contributed by atoms with E-state index in [1.807, 2.05) is 6.92 Å². The monoisotopic (exact) mass is 411 g/mol. The summed E-state index contributed by atoms with van der Waals surface area (Å²) >= 11 is 0. The van der Waals surface area contributed by atoms with E-state index in [1.165, 1.54) is 37.5 Å². The normalized spacial score (nSPS) is 32.3. The number of amides is 3. The smallest absolute Gasteiger partial charge is 0.282 e. The third-order valence-electron chi connectivity index (χ3n) is 7.86. The lowest BCUT2D eigenvalue weighted by Crippen LogP contribution is -2.56. The van der Waals surface area contributed by atoms with Crippen LogP contribution in [0, 0.1) is 33.3 Å². The number of imide groups is 1. The first-order chi connectivity index (χ1) is 14.3. The van der Waals surface area contributed by atoms with Crippen LogP contribution in [0.5, 0.6) is 0 Å². The van der Waals surface area contributed by atoms with Crippen molar-refractivity contribution in [3.63, 3.8) is 0 Å². The summed E-state index contributed by atoms with van der Waals surface area (Å²) < 4.78 is 0. The van der Waals surface area contributed by atoms with Crippen molar-refractivity contribution in [2.24, 2.45) is 23.2 Å². The van der Waals surface area contributed by atoms with Gasteiger partial charge in [-0.1, -0.05) is 6.07 Å². The van der Waals surface area contributed by atoms with Gasteiger partial charge in [-0.3, -0.25) is 29.4 Å². The molecule has 0 aromatic heterocycles. The summed E-state index contributed by atoms with van der Waals surface area (Å²) in [7, 11) is 0. The fraction of sp³-hybridized carbons (Fsp3) is 0.591. The summed E-state index contributed by atoms with van der Waals surface area (Å²) in [6.45, 7) is 1.62. The highest BCUT2D eigenvalue weighted by molar-refractivity contribution is 6.24. The first-order valence-electron chi connectivity index (χ1n) is 10.7. The highest BCUT2D eigenvalue weighted by Gasteiger charge is 2.53. The molecular weight excluding hydrogens is 386 g/mol. The molecule has 1 heterocycles. The molecule has 1 aliphatic heterocycles. The minimum absolute atomic E-state index is 0.0175. The minimum Gasteiger partial charge on any atom is -0.352 e. The van der Waals surface area contributed by atoms with Gasteiger partial charge in [0.15, 0.2) is 0 Å². The summed E-state index contributed by atoms with van der Waals surface area (Å²) in [6.07, 6.45) is 7.36. The topological polar surface area (TPSA) is 110 Å². The molecule has 6 rings (SSSR count). The van der Waals surface area contributed by atoms with Crippen molar-refractivity contribution in [2.75, 3.05) is 6.54 Å².